The van der Waals surface area contributed by atoms with Crippen LogP contribution in [0.15, 0.2) is 109 Å². The summed E-state index contributed by atoms with van der Waals surface area (Å²) >= 11 is 0. The maximum atomic E-state index is 12.8. The predicted octanol–water partition coefficient (Wildman–Crippen LogP) is 18.7. The van der Waals surface area contributed by atoms with E-state index in [0.29, 0.717) is 19.3 Å². The van der Waals surface area contributed by atoms with Crippen molar-refractivity contribution in [1.29, 1.82) is 0 Å². The van der Waals surface area contributed by atoms with Crippen molar-refractivity contribution >= 4 is 17.9 Å². The Hall–Kier alpha value is -3.93. The highest BCUT2D eigenvalue weighted by atomic mass is 16.6. The molecule has 0 spiro atoms. The molecule has 0 rings (SSSR count). The number of ether oxygens (including phenoxy) is 3. The van der Waals surface area contributed by atoms with Gasteiger partial charge in [0.05, 0.1) is 0 Å². The SMILES string of the molecule is CC/C=C\C/C=C\C/C=C\C/C=C\C/C=C\C/C=C\C/C=C\CCCCCC(=O)OCC(COC(=O)CCCCCCCCCCCCC)OC(=O)CCCCCCC/C=C\C/C=C\CCCC. The fourth-order valence-electron chi connectivity index (χ4n) is 7.32. The number of allylic oxidation sites excluding steroid dienone is 18. The molecule has 0 heterocycles. The van der Waals surface area contributed by atoms with E-state index in [-0.39, 0.29) is 31.1 Å². The van der Waals surface area contributed by atoms with E-state index in [1.807, 2.05) is 0 Å². The maximum absolute atomic E-state index is 12.8. The van der Waals surface area contributed by atoms with Gasteiger partial charge < -0.3 is 14.2 Å². The van der Waals surface area contributed by atoms with Gasteiger partial charge in [0.15, 0.2) is 6.10 Å². The predicted molar refractivity (Wildman–Crippen MR) is 293 cm³/mol. The molecule has 6 nitrogen and oxygen atoms in total. The Morgan fingerprint density at radius 3 is 0.956 bits per heavy atom. The number of unbranched alkanes of at least 4 members (excludes halogenated alkanes) is 20. The van der Waals surface area contributed by atoms with Gasteiger partial charge in [-0.25, -0.2) is 0 Å². The molecule has 0 aromatic rings. The number of hydrogen-bond acceptors (Lipinski definition) is 6. The van der Waals surface area contributed by atoms with Gasteiger partial charge in [0.1, 0.15) is 13.2 Å². The van der Waals surface area contributed by atoms with Gasteiger partial charge in [-0.1, -0.05) is 233 Å². The molecular formula is C62H102O6. The van der Waals surface area contributed by atoms with Crippen molar-refractivity contribution in [2.75, 3.05) is 13.2 Å². The van der Waals surface area contributed by atoms with Crippen LogP contribution in [-0.2, 0) is 28.6 Å². The molecular weight excluding hydrogens is 841 g/mol. The van der Waals surface area contributed by atoms with Crippen LogP contribution < -0.4 is 0 Å². The maximum Gasteiger partial charge on any atom is 0.306 e. The van der Waals surface area contributed by atoms with Crippen molar-refractivity contribution in [3.8, 4) is 0 Å². The first-order chi connectivity index (χ1) is 33.5. The fourth-order valence-corrected chi connectivity index (χ4v) is 7.32. The van der Waals surface area contributed by atoms with E-state index in [4.69, 9.17) is 14.2 Å². The molecule has 0 radical (unpaired) electrons. The lowest BCUT2D eigenvalue weighted by atomic mass is 10.1. The molecule has 0 aromatic carbocycles. The highest BCUT2D eigenvalue weighted by molar-refractivity contribution is 5.71. The third kappa shape index (κ3) is 53.0. The summed E-state index contributed by atoms with van der Waals surface area (Å²) in [5.41, 5.74) is 0. The lowest BCUT2D eigenvalue weighted by Crippen LogP contribution is -2.30. The minimum atomic E-state index is -0.799. The van der Waals surface area contributed by atoms with Crippen molar-refractivity contribution in [3.63, 3.8) is 0 Å². The first-order valence-corrected chi connectivity index (χ1v) is 27.9. The second kappa shape index (κ2) is 55.7. The van der Waals surface area contributed by atoms with Crippen LogP contribution in [0, 0.1) is 0 Å². The minimum absolute atomic E-state index is 0.0944. The van der Waals surface area contributed by atoms with Gasteiger partial charge in [0.2, 0.25) is 0 Å². The molecule has 0 aliphatic rings. The number of hydrogen-bond donors (Lipinski definition) is 0. The van der Waals surface area contributed by atoms with E-state index in [9.17, 15) is 14.4 Å². The van der Waals surface area contributed by atoms with Crippen LogP contribution in [0.2, 0.25) is 0 Å². The average molecular weight is 943 g/mol. The van der Waals surface area contributed by atoms with Crippen molar-refractivity contribution in [2.24, 2.45) is 0 Å². The molecule has 0 bridgehead atoms. The number of rotatable bonds is 49. The van der Waals surface area contributed by atoms with Gasteiger partial charge in [-0.15, -0.1) is 0 Å². The molecule has 0 N–H and O–H groups in total. The van der Waals surface area contributed by atoms with E-state index in [2.05, 4.69) is 130 Å². The van der Waals surface area contributed by atoms with Gasteiger partial charge in [-0.05, 0) is 103 Å². The summed E-state index contributed by atoms with van der Waals surface area (Å²) in [7, 11) is 0. The summed E-state index contributed by atoms with van der Waals surface area (Å²) in [6.45, 7) is 6.43. The highest BCUT2D eigenvalue weighted by Crippen LogP contribution is 2.14. The van der Waals surface area contributed by atoms with Crippen LogP contribution in [0.4, 0.5) is 0 Å². The number of carbonyl (C=O) groups excluding carboxylic acids is 3. The topological polar surface area (TPSA) is 78.9 Å². The van der Waals surface area contributed by atoms with Crippen molar-refractivity contribution in [1.82, 2.24) is 0 Å². The molecule has 0 saturated carbocycles. The Morgan fingerprint density at radius 1 is 0.309 bits per heavy atom. The summed E-state index contributed by atoms with van der Waals surface area (Å²) in [6, 6.07) is 0. The Morgan fingerprint density at radius 2 is 0.588 bits per heavy atom. The normalized spacial score (nSPS) is 12.9. The molecule has 0 amide bonds. The quantitative estimate of drug-likeness (QED) is 0.0262. The zero-order chi connectivity index (χ0) is 49.3. The Kier molecular flexibility index (Phi) is 52.4. The van der Waals surface area contributed by atoms with Gasteiger partial charge >= 0.3 is 17.9 Å². The fraction of sp³-hybridized carbons (Fsp3) is 0.661. The van der Waals surface area contributed by atoms with Crippen molar-refractivity contribution < 1.29 is 28.6 Å². The average Bonchev–Trinajstić information content (AvgIpc) is 3.34. The van der Waals surface area contributed by atoms with Crippen molar-refractivity contribution in [2.45, 2.75) is 252 Å². The lowest BCUT2D eigenvalue weighted by Gasteiger charge is -2.18. The van der Waals surface area contributed by atoms with E-state index < -0.39 is 6.10 Å². The van der Waals surface area contributed by atoms with Crippen LogP contribution in [0.3, 0.4) is 0 Å². The third-order valence-electron chi connectivity index (χ3n) is 11.5. The highest BCUT2D eigenvalue weighted by Gasteiger charge is 2.19. The molecule has 68 heavy (non-hydrogen) atoms. The molecule has 0 aliphatic carbocycles. The van der Waals surface area contributed by atoms with Crippen LogP contribution >= 0.6 is 0 Å². The minimum Gasteiger partial charge on any atom is -0.462 e. The summed E-state index contributed by atoms with van der Waals surface area (Å²) < 4.78 is 16.8. The van der Waals surface area contributed by atoms with Crippen molar-refractivity contribution in [3.05, 3.63) is 109 Å². The smallest absolute Gasteiger partial charge is 0.306 e. The molecule has 0 aliphatic heterocycles. The van der Waals surface area contributed by atoms with E-state index in [1.54, 1.807) is 0 Å². The zero-order valence-electron chi connectivity index (χ0n) is 44.1. The number of esters is 3. The second-order valence-electron chi connectivity index (χ2n) is 18.1. The summed E-state index contributed by atoms with van der Waals surface area (Å²) in [6.07, 6.45) is 75.0. The van der Waals surface area contributed by atoms with Crippen LogP contribution in [0.1, 0.15) is 245 Å². The first kappa shape index (κ1) is 64.1. The molecule has 0 saturated heterocycles. The van der Waals surface area contributed by atoms with Gasteiger partial charge in [-0.2, -0.15) is 0 Å². The molecule has 0 fully saturated rings. The van der Waals surface area contributed by atoms with Crippen LogP contribution in [0.25, 0.3) is 0 Å². The van der Waals surface area contributed by atoms with E-state index in [1.165, 1.54) is 70.6 Å². The van der Waals surface area contributed by atoms with E-state index in [0.717, 1.165) is 135 Å². The van der Waals surface area contributed by atoms with Gasteiger partial charge in [-0.3, -0.25) is 14.4 Å². The summed E-state index contributed by atoms with van der Waals surface area (Å²) in [5, 5.41) is 0. The Bertz CT molecular complexity index is 1410. The van der Waals surface area contributed by atoms with Crippen LogP contribution in [0.5, 0.6) is 0 Å². The molecule has 386 valence electrons. The monoisotopic (exact) mass is 943 g/mol. The second-order valence-corrected chi connectivity index (χ2v) is 18.1. The summed E-state index contributed by atoms with van der Waals surface area (Å²) in [4.78, 5) is 38.0. The van der Waals surface area contributed by atoms with E-state index >= 15 is 0 Å². The Balaban J connectivity index is 4.40. The lowest BCUT2D eigenvalue weighted by molar-refractivity contribution is -0.167. The van der Waals surface area contributed by atoms with Gasteiger partial charge in [0, 0.05) is 19.3 Å². The summed E-state index contributed by atoms with van der Waals surface area (Å²) in [5.74, 6) is -0.945. The zero-order valence-corrected chi connectivity index (χ0v) is 44.1. The van der Waals surface area contributed by atoms with Gasteiger partial charge in [0.25, 0.3) is 0 Å². The standard InChI is InChI=1S/C62H102O6/c1-4-7-10-13-16-19-22-24-26-27-28-29-30-31-32-33-34-35-36-38-40-43-46-49-52-55-61(64)67-58-59(57-66-60(63)54-51-48-45-42-39-21-18-15-12-9-6-3)68-62(65)56-53-50-47-44-41-37-25-23-20-17-14-11-8-5-2/h7,10,14,16-17,19,23-26,28-29,31-32,34-35,38,40,59H,4-6,8-9,11-13,15,18,20-22,27,30,33,36-37,39,41-58H2,1-3H3/b10-7-,17-14-,19-16-,25-23-,26-24-,29-28-,32-31-,35-34-,40-38-. The number of carbonyl (C=O) groups is 3. The Labute approximate surface area is 419 Å². The molecule has 0 aromatic heterocycles. The van der Waals surface area contributed by atoms with Crippen LogP contribution in [-0.4, -0.2) is 37.2 Å². The molecule has 1 atom stereocenters. The molecule has 1 unspecified atom stereocenters. The third-order valence-corrected chi connectivity index (χ3v) is 11.5. The first-order valence-electron chi connectivity index (χ1n) is 27.9. The molecule has 6 heteroatoms. The largest absolute Gasteiger partial charge is 0.462 e.